The van der Waals surface area contributed by atoms with Gasteiger partial charge in [0.05, 0.1) is 24.7 Å². The van der Waals surface area contributed by atoms with Crippen molar-refractivity contribution in [1.82, 2.24) is 29.3 Å². The molecular formula is C24H32N8O4. The number of amides is 1. The summed E-state index contributed by atoms with van der Waals surface area (Å²) < 4.78 is 13.0. The number of hydrogen-bond donors (Lipinski definition) is 2. The van der Waals surface area contributed by atoms with E-state index in [-0.39, 0.29) is 23.0 Å². The first-order valence-corrected chi connectivity index (χ1v) is 11.9. The van der Waals surface area contributed by atoms with Gasteiger partial charge in [-0.15, -0.1) is 0 Å². The highest BCUT2D eigenvalue weighted by atomic mass is 16.5. The van der Waals surface area contributed by atoms with E-state index in [1.54, 1.807) is 19.1 Å². The lowest BCUT2D eigenvalue weighted by Crippen LogP contribution is -2.44. The molecule has 0 aliphatic carbocycles. The first-order chi connectivity index (χ1) is 17.4. The van der Waals surface area contributed by atoms with E-state index < -0.39 is 5.91 Å². The predicted molar refractivity (Wildman–Crippen MR) is 137 cm³/mol. The fourth-order valence-electron chi connectivity index (χ4n) is 4.11. The lowest BCUT2D eigenvalue weighted by Gasteiger charge is -2.32. The van der Waals surface area contributed by atoms with Crippen LogP contribution in [0.25, 0.3) is 10.9 Å². The highest BCUT2D eigenvalue weighted by Gasteiger charge is 2.20. The molecule has 0 unspecified atom stereocenters. The molecule has 0 saturated carbocycles. The minimum Gasteiger partial charge on any atom is -0.491 e. The number of rotatable bonds is 9. The smallest absolute Gasteiger partial charge is 0.262 e. The zero-order valence-electron chi connectivity index (χ0n) is 20.9. The van der Waals surface area contributed by atoms with Gasteiger partial charge in [0.1, 0.15) is 5.52 Å². The van der Waals surface area contributed by atoms with Crippen LogP contribution >= 0.6 is 0 Å². The van der Waals surface area contributed by atoms with Gasteiger partial charge in [-0.1, -0.05) is 0 Å². The van der Waals surface area contributed by atoms with E-state index in [9.17, 15) is 9.59 Å². The highest BCUT2D eigenvalue weighted by molar-refractivity contribution is 6.03. The second-order valence-corrected chi connectivity index (χ2v) is 8.61. The van der Waals surface area contributed by atoms with E-state index in [4.69, 9.17) is 15.2 Å². The van der Waals surface area contributed by atoms with Crippen LogP contribution in [-0.4, -0.2) is 88.7 Å². The summed E-state index contributed by atoms with van der Waals surface area (Å²) in [7, 11) is 3.64. The van der Waals surface area contributed by atoms with Crippen molar-refractivity contribution in [3.8, 4) is 11.5 Å². The number of nitrogens with zero attached hydrogens (tertiary/aromatic N) is 6. The number of fused-ring (bicyclic) bond motifs is 1. The molecule has 1 aromatic carbocycles. The Morgan fingerprint density at radius 3 is 2.56 bits per heavy atom. The van der Waals surface area contributed by atoms with Crippen LogP contribution in [0, 0.1) is 0 Å². The van der Waals surface area contributed by atoms with Crippen molar-refractivity contribution >= 4 is 28.7 Å². The molecule has 2 aromatic heterocycles. The number of nitrogens with one attached hydrogen (secondary N) is 1. The molecule has 1 saturated heterocycles. The van der Waals surface area contributed by atoms with E-state index >= 15 is 0 Å². The monoisotopic (exact) mass is 496 g/mol. The van der Waals surface area contributed by atoms with Gasteiger partial charge in [0.2, 0.25) is 11.9 Å². The summed E-state index contributed by atoms with van der Waals surface area (Å²) in [5.41, 5.74) is 5.70. The molecule has 12 heteroatoms. The molecule has 1 amide bonds. The Balaban J connectivity index is 1.55. The number of benzene rings is 1. The van der Waals surface area contributed by atoms with Crippen molar-refractivity contribution < 1.29 is 14.3 Å². The average molecular weight is 497 g/mol. The molecule has 0 bridgehead atoms. The predicted octanol–water partition coefficient (Wildman–Crippen LogP) is 1.07. The Hall–Kier alpha value is -3.77. The van der Waals surface area contributed by atoms with Crippen LogP contribution in [0.1, 0.15) is 23.7 Å². The lowest BCUT2D eigenvalue weighted by atomic mass is 10.2. The molecule has 1 aliphatic rings. The number of hydrogen-bond acceptors (Lipinski definition) is 10. The van der Waals surface area contributed by atoms with Gasteiger partial charge in [0.25, 0.3) is 11.5 Å². The summed E-state index contributed by atoms with van der Waals surface area (Å²) in [6, 6.07) is 3.40. The third-order valence-electron chi connectivity index (χ3n) is 6.20. The third-order valence-corrected chi connectivity index (χ3v) is 6.20. The standard InChI is InChI=1S/C24H32N8O4/c1-4-32-22(34)17-6-7-18(36-13-5-8-31-11-9-30(2)10-12-31)20(35-3)19(17)28-24(32)29-21(33)16-14-26-23(25)27-15-16/h6-7,14-15H,4-5,8-13H2,1-3H3,(H2,25,26,27)(H,28,29,33). The molecule has 3 N–H and O–H groups in total. The number of methoxy groups -OCH3 is 1. The summed E-state index contributed by atoms with van der Waals surface area (Å²) >= 11 is 0. The van der Waals surface area contributed by atoms with E-state index in [0.717, 1.165) is 39.1 Å². The van der Waals surface area contributed by atoms with Crippen LogP contribution < -0.4 is 26.1 Å². The Bertz CT molecular complexity index is 1270. The SMILES string of the molecule is CCn1c(NC(=O)c2cnc(N)nc2)nc2c(OC)c(OCCCN3CCN(C)CC3)ccc2c1=O. The van der Waals surface area contributed by atoms with Gasteiger partial charge in [0.15, 0.2) is 11.5 Å². The Morgan fingerprint density at radius 2 is 1.89 bits per heavy atom. The topological polar surface area (TPSA) is 141 Å². The van der Waals surface area contributed by atoms with Crippen LogP contribution in [0.2, 0.25) is 0 Å². The van der Waals surface area contributed by atoms with Crippen molar-refractivity contribution in [3.05, 3.63) is 40.4 Å². The molecule has 3 heterocycles. The zero-order valence-corrected chi connectivity index (χ0v) is 20.9. The molecule has 0 atom stereocenters. The van der Waals surface area contributed by atoms with Crippen LogP contribution in [0.4, 0.5) is 11.9 Å². The summed E-state index contributed by atoms with van der Waals surface area (Å²) in [5, 5.41) is 3.05. The van der Waals surface area contributed by atoms with Gasteiger partial charge in [-0.05, 0) is 32.5 Å². The number of anilines is 2. The summed E-state index contributed by atoms with van der Waals surface area (Å²) in [4.78, 5) is 42.9. The van der Waals surface area contributed by atoms with Crippen molar-refractivity contribution in [1.29, 1.82) is 0 Å². The maximum Gasteiger partial charge on any atom is 0.262 e. The van der Waals surface area contributed by atoms with Gasteiger partial charge < -0.3 is 25.0 Å². The molecular weight excluding hydrogens is 464 g/mol. The second kappa shape index (κ2) is 11.3. The van der Waals surface area contributed by atoms with E-state index in [2.05, 4.69) is 37.1 Å². The zero-order chi connectivity index (χ0) is 25.7. The Labute approximate surface area is 209 Å². The lowest BCUT2D eigenvalue weighted by molar-refractivity contribution is 0.102. The molecule has 0 spiro atoms. The van der Waals surface area contributed by atoms with Crippen molar-refractivity contribution in [2.75, 3.05) is 64.5 Å². The summed E-state index contributed by atoms with van der Waals surface area (Å²) in [5.74, 6) is 0.468. The number of nitrogens with two attached hydrogens (primary N) is 1. The Morgan fingerprint density at radius 1 is 1.17 bits per heavy atom. The fourth-order valence-corrected chi connectivity index (χ4v) is 4.11. The van der Waals surface area contributed by atoms with Gasteiger partial charge in [0, 0.05) is 51.7 Å². The van der Waals surface area contributed by atoms with Gasteiger partial charge in [-0.25, -0.2) is 15.0 Å². The van der Waals surface area contributed by atoms with Crippen molar-refractivity contribution in [2.24, 2.45) is 0 Å². The quantitative estimate of drug-likeness (QED) is 0.413. The molecule has 1 aliphatic heterocycles. The molecule has 36 heavy (non-hydrogen) atoms. The second-order valence-electron chi connectivity index (χ2n) is 8.61. The molecule has 12 nitrogen and oxygen atoms in total. The number of piperazine rings is 1. The van der Waals surface area contributed by atoms with Crippen LogP contribution in [0.5, 0.6) is 11.5 Å². The van der Waals surface area contributed by atoms with E-state index in [1.807, 2.05) is 0 Å². The average Bonchev–Trinajstić information content (AvgIpc) is 2.88. The van der Waals surface area contributed by atoms with Crippen LogP contribution in [-0.2, 0) is 6.54 Å². The fraction of sp³-hybridized carbons (Fsp3) is 0.458. The Kier molecular flexibility index (Phi) is 7.96. The normalized spacial score (nSPS) is 14.6. The molecule has 192 valence electrons. The molecule has 0 radical (unpaired) electrons. The molecule has 4 rings (SSSR count). The largest absolute Gasteiger partial charge is 0.491 e. The molecule has 1 fully saturated rings. The maximum absolute atomic E-state index is 13.2. The number of ether oxygens (including phenoxy) is 2. The van der Waals surface area contributed by atoms with Gasteiger partial charge in [-0.2, -0.15) is 0 Å². The van der Waals surface area contributed by atoms with Crippen LogP contribution in [0.3, 0.4) is 0 Å². The first-order valence-electron chi connectivity index (χ1n) is 11.9. The summed E-state index contributed by atoms with van der Waals surface area (Å²) in [6.07, 6.45) is 3.48. The molecule has 3 aromatic rings. The number of nitrogen functional groups attached to an aromatic ring is 1. The number of aromatic nitrogens is 4. The van der Waals surface area contributed by atoms with Crippen LogP contribution in [0.15, 0.2) is 29.3 Å². The van der Waals surface area contributed by atoms with Gasteiger partial charge >= 0.3 is 0 Å². The minimum atomic E-state index is -0.515. The third kappa shape index (κ3) is 5.55. The number of carbonyl (C=O) groups excluding carboxylic acids is 1. The number of likely N-dealkylation sites (N-methyl/N-ethyl adjacent to an activating group) is 1. The van der Waals surface area contributed by atoms with E-state index in [0.29, 0.717) is 35.6 Å². The van der Waals surface area contributed by atoms with E-state index in [1.165, 1.54) is 24.1 Å². The van der Waals surface area contributed by atoms with Gasteiger partial charge in [-0.3, -0.25) is 19.5 Å². The van der Waals surface area contributed by atoms with Crippen molar-refractivity contribution in [3.63, 3.8) is 0 Å². The minimum absolute atomic E-state index is 0.0571. The van der Waals surface area contributed by atoms with Crippen molar-refractivity contribution in [2.45, 2.75) is 19.9 Å². The first kappa shape index (κ1) is 25.3. The summed E-state index contributed by atoms with van der Waals surface area (Å²) in [6.45, 7) is 7.82. The highest BCUT2D eigenvalue weighted by Crippen LogP contribution is 2.34. The number of carbonyl (C=O) groups is 1. The maximum atomic E-state index is 13.2.